The summed E-state index contributed by atoms with van der Waals surface area (Å²) in [6.45, 7) is 7.85. The van der Waals surface area contributed by atoms with E-state index in [0.717, 1.165) is 69.5 Å². The molecule has 0 N–H and O–H groups in total. The number of carbonyl (C=O) groups is 2. The average molecular weight is 402 g/mol. The molecule has 2 fully saturated rings. The van der Waals surface area contributed by atoms with Gasteiger partial charge in [-0.3, -0.25) is 9.59 Å². The Morgan fingerprint density at radius 1 is 1.14 bits per heavy atom. The summed E-state index contributed by atoms with van der Waals surface area (Å²) >= 11 is 0. The van der Waals surface area contributed by atoms with E-state index < -0.39 is 0 Å². The molecule has 0 saturated carbocycles. The fourth-order valence-electron chi connectivity index (χ4n) is 5.58. The maximum absolute atomic E-state index is 14.0. The summed E-state index contributed by atoms with van der Waals surface area (Å²) < 4.78 is 14.0. The Morgan fingerprint density at radius 2 is 1.90 bits per heavy atom. The molecule has 0 bridgehead atoms. The van der Waals surface area contributed by atoms with Crippen molar-refractivity contribution in [2.24, 2.45) is 0 Å². The van der Waals surface area contributed by atoms with Crippen molar-refractivity contribution >= 4 is 17.5 Å². The molecule has 5 nitrogen and oxygen atoms in total. The molecule has 0 radical (unpaired) electrons. The normalized spacial score (nSPS) is 24.4. The zero-order valence-corrected chi connectivity index (χ0v) is 17.6. The zero-order chi connectivity index (χ0) is 20.6. The molecule has 0 aromatic heterocycles. The second-order valence-electron chi connectivity index (χ2n) is 8.90. The van der Waals surface area contributed by atoms with Crippen LogP contribution in [0, 0.1) is 5.82 Å². The predicted molar refractivity (Wildman–Crippen MR) is 111 cm³/mol. The van der Waals surface area contributed by atoms with Gasteiger partial charge in [-0.05, 0) is 69.0 Å². The highest BCUT2D eigenvalue weighted by Crippen LogP contribution is 2.47. The third-order valence-electron chi connectivity index (χ3n) is 7.29. The Bertz CT molecular complexity index is 788. The van der Waals surface area contributed by atoms with Gasteiger partial charge in [0.25, 0.3) is 0 Å². The maximum Gasteiger partial charge on any atom is 0.223 e. The fourth-order valence-corrected chi connectivity index (χ4v) is 5.58. The first-order valence-electron chi connectivity index (χ1n) is 11.0. The number of piperidine rings is 1. The summed E-state index contributed by atoms with van der Waals surface area (Å²) in [7, 11) is 0. The Labute approximate surface area is 172 Å². The number of hydrogen-bond donors (Lipinski definition) is 0. The number of anilines is 1. The van der Waals surface area contributed by atoms with E-state index >= 15 is 0 Å². The summed E-state index contributed by atoms with van der Waals surface area (Å²) in [5.41, 5.74) is 1.76. The second-order valence-corrected chi connectivity index (χ2v) is 8.90. The molecule has 2 saturated heterocycles. The third-order valence-corrected chi connectivity index (χ3v) is 7.29. The maximum atomic E-state index is 14.0. The first-order valence-corrected chi connectivity index (χ1v) is 11.0. The molecule has 4 rings (SSSR count). The van der Waals surface area contributed by atoms with Gasteiger partial charge in [0.15, 0.2) is 0 Å². The summed E-state index contributed by atoms with van der Waals surface area (Å²) in [4.78, 5) is 30.6. The number of carbonyl (C=O) groups excluding carboxylic acids is 2. The summed E-state index contributed by atoms with van der Waals surface area (Å²) in [6, 6.07) is 5.38. The van der Waals surface area contributed by atoms with Gasteiger partial charge in [-0.15, -0.1) is 0 Å². The highest BCUT2D eigenvalue weighted by Gasteiger charge is 2.46. The van der Waals surface area contributed by atoms with Gasteiger partial charge < -0.3 is 14.7 Å². The lowest BCUT2D eigenvalue weighted by molar-refractivity contribution is -0.130. The van der Waals surface area contributed by atoms with Gasteiger partial charge in [-0.25, -0.2) is 4.39 Å². The van der Waals surface area contributed by atoms with E-state index in [-0.39, 0.29) is 23.0 Å². The monoisotopic (exact) mass is 401 g/mol. The van der Waals surface area contributed by atoms with Crippen molar-refractivity contribution in [2.45, 2.75) is 63.8 Å². The lowest BCUT2D eigenvalue weighted by Gasteiger charge is -2.43. The van der Waals surface area contributed by atoms with Gasteiger partial charge in [-0.1, -0.05) is 6.92 Å². The Kier molecular flexibility index (Phi) is 5.65. The van der Waals surface area contributed by atoms with E-state index in [0.29, 0.717) is 19.0 Å². The van der Waals surface area contributed by atoms with Crippen LogP contribution in [0.1, 0.15) is 57.9 Å². The van der Waals surface area contributed by atoms with Crippen molar-refractivity contribution in [1.29, 1.82) is 0 Å². The molecule has 1 aromatic rings. The van der Waals surface area contributed by atoms with Crippen molar-refractivity contribution in [3.63, 3.8) is 0 Å². The Balaban J connectivity index is 1.45. The number of amides is 2. The van der Waals surface area contributed by atoms with Crippen LogP contribution in [0.25, 0.3) is 0 Å². The standard InChI is InChI=1S/C23H32FN3O2/c1-3-22(29)26-11-4-5-19(8-12-26)25-13-9-23(10-14-25)16-27(17(2)28)21-7-6-18(24)15-20(21)23/h6-7,15,19H,3-5,8-14,16H2,1-2H3. The van der Waals surface area contributed by atoms with Crippen LogP contribution in [0.15, 0.2) is 18.2 Å². The zero-order valence-electron chi connectivity index (χ0n) is 17.6. The minimum atomic E-state index is -0.222. The number of fused-ring (bicyclic) bond motifs is 2. The fraction of sp³-hybridized carbons (Fsp3) is 0.652. The van der Waals surface area contributed by atoms with Crippen molar-refractivity contribution in [3.05, 3.63) is 29.6 Å². The van der Waals surface area contributed by atoms with Gasteiger partial charge in [0.2, 0.25) is 11.8 Å². The number of rotatable bonds is 2. The second kappa shape index (κ2) is 8.05. The number of halogens is 1. The molecule has 0 aliphatic carbocycles. The summed E-state index contributed by atoms with van der Waals surface area (Å²) in [5.74, 6) is 0.0687. The number of hydrogen-bond acceptors (Lipinski definition) is 3. The first kappa shape index (κ1) is 20.3. The van der Waals surface area contributed by atoms with E-state index in [2.05, 4.69) is 4.90 Å². The molecule has 1 unspecified atom stereocenters. The molecule has 3 aliphatic heterocycles. The molecule has 1 spiro atoms. The predicted octanol–water partition coefficient (Wildman–Crippen LogP) is 3.32. The SMILES string of the molecule is CCC(=O)N1CCCC(N2CCC3(CC2)CN(C(C)=O)c2ccc(F)cc23)CC1. The van der Waals surface area contributed by atoms with Gasteiger partial charge in [-0.2, -0.15) is 0 Å². The Hall–Kier alpha value is -1.95. The largest absolute Gasteiger partial charge is 0.343 e. The first-order chi connectivity index (χ1) is 13.9. The Morgan fingerprint density at radius 3 is 2.59 bits per heavy atom. The van der Waals surface area contributed by atoms with Crippen molar-refractivity contribution in [3.8, 4) is 0 Å². The molecule has 1 aromatic carbocycles. The average Bonchev–Trinajstić information content (AvgIpc) is 2.87. The lowest BCUT2D eigenvalue weighted by atomic mass is 9.74. The van der Waals surface area contributed by atoms with Crippen LogP contribution < -0.4 is 4.90 Å². The minimum absolute atomic E-state index is 0.0293. The van der Waals surface area contributed by atoms with Crippen LogP contribution in [-0.4, -0.2) is 60.4 Å². The van der Waals surface area contributed by atoms with Crippen LogP contribution in [0.4, 0.5) is 10.1 Å². The molecular formula is C23H32FN3O2. The molecular weight excluding hydrogens is 369 g/mol. The van der Waals surface area contributed by atoms with Crippen LogP contribution in [-0.2, 0) is 15.0 Å². The van der Waals surface area contributed by atoms with Crippen molar-refractivity contribution in [1.82, 2.24) is 9.80 Å². The lowest BCUT2D eigenvalue weighted by Crippen LogP contribution is -2.49. The van der Waals surface area contributed by atoms with Crippen LogP contribution in [0.5, 0.6) is 0 Å². The van der Waals surface area contributed by atoms with E-state index in [1.165, 1.54) is 6.07 Å². The third kappa shape index (κ3) is 3.79. The molecule has 1 atom stereocenters. The number of nitrogens with zero attached hydrogens (tertiary/aromatic N) is 3. The highest BCUT2D eigenvalue weighted by molar-refractivity contribution is 5.94. The van der Waals surface area contributed by atoms with E-state index in [1.807, 2.05) is 16.7 Å². The molecule has 3 heterocycles. The molecule has 158 valence electrons. The van der Waals surface area contributed by atoms with Gasteiger partial charge >= 0.3 is 0 Å². The molecule has 6 heteroatoms. The van der Waals surface area contributed by atoms with E-state index in [1.54, 1.807) is 19.1 Å². The summed E-state index contributed by atoms with van der Waals surface area (Å²) in [5, 5.41) is 0. The van der Waals surface area contributed by atoms with Gasteiger partial charge in [0.05, 0.1) is 0 Å². The molecule has 29 heavy (non-hydrogen) atoms. The van der Waals surface area contributed by atoms with Gasteiger partial charge in [0.1, 0.15) is 5.82 Å². The smallest absolute Gasteiger partial charge is 0.223 e. The van der Waals surface area contributed by atoms with Crippen molar-refractivity contribution < 1.29 is 14.0 Å². The molecule has 3 aliphatic rings. The van der Waals surface area contributed by atoms with Crippen molar-refractivity contribution in [2.75, 3.05) is 37.6 Å². The number of benzene rings is 1. The molecule has 2 amide bonds. The van der Waals surface area contributed by atoms with Gasteiger partial charge in [0, 0.05) is 50.1 Å². The van der Waals surface area contributed by atoms with Crippen LogP contribution in [0.2, 0.25) is 0 Å². The quantitative estimate of drug-likeness (QED) is 0.764. The van der Waals surface area contributed by atoms with E-state index in [9.17, 15) is 14.0 Å². The number of likely N-dealkylation sites (tertiary alicyclic amines) is 2. The topological polar surface area (TPSA) is 43.9 Å². The van der Waals surface area contributed by atoms with Crippen LogP contribution >= 0.6 is 0 Å². The van der Waals surface area contributed by atoms with Crippen LogP contribution in [0.3, 0.4) is 0 Å². The minimum Gasteiger partial charge on any atom is -0.343 e. The summed E-state index contributed by atoms with van der Waals surface area (Å²) in [6.07, 6.45) is 5.70. The highest BCUT2D eigenvalue weighted by atomic mass is 19.1. The van der Waals surface area contributed by atoms with E-state index in [4.69, 9.17) is 0 Å².